The lowest BCUT2D eigenvalue weighted by atomic mass is 10.1. The third kappa shape index (κ3) is 3.25. The number of hydrogen-bond donors (Lipinski definition) is 0. The molecule has 0 unspecified atom stereocenters. The number of rotatable bonds is 4. The Morgan fingerprint density at radius 2 is 1.78 bits per heavy atom. The van der Waals surface area contributed by atoms with Gasteiger partial charge in [-0.2, -0.15) is 0 Å². The first-order valence-electron chi connectivity index (χ1n) is 7.25. The van der Waals surface area contributed by atoms with Crippen molar-refractivity contribution in [2.24, 2.45) is 17.3 Å². The highest BCUT2D eigenvalue weighted by molar-refractivity contribution is 9.11. The van der Waals surface area contributed by atoms with Gasteiger partial charge in [-0.1, -0.05) is 26.0 Å². The maximum atomic E-state index is 14.0. The largest absolute Gasteiger partial charge is 0.460 e. The normalized spacial score (nSPS) is 22.4. The van der Waals surface area contributed by atoms with Gasteiger partial charge in [0.1, 0.15) is 18.2 Å². The van der Waals surface area contributed by atoms with E-state index in [4.69, 9.17) is 4.74 Å². The third-order valence-electron chi connectivity index (χ3n) is 4.50. The Morgan fingerprint density at radius 1 is 1.26 bits per heavy atom. The van der Waals surface area contributed by atoms with E-state index in [0.29, 0.717) is 0 Å². The van der Waals surface area contributed by atoms with Crippen LogP contribution in [0.15, 0.2) is 21.1 Å². The predicted octanol–water partition coefficient (Wildman–Crippen LogP) is 5.69. The van der Waals surface area contributed by atoms with Crippen LogP contribution in [0.3, 0.4) is 0 Å². The van der Waals surface area contributed by atoms with Crippen molar-refractivity contribution < 1.29 is 18.3 Å². The van der Waals surface area contributed by atoms with Gasteiger partial charge in [-0.3, -0.25) is 4.79 Å². The van der Waals surface area contributed by atoms with E-state index in [2.05, 4.69) is 31.9 Å². The highest BCUT2D eigenvalue weighted by atomic mass is 79.9. The van der Waals surface area contributed by atoms with Crippen LogP contribution in [0.25, 0.3) is 0 Å². The topological polar surface area (TPSA) is 26.3 Å². The van der Waals surface area contributed by atoms with Crippen LogP contribution in [-0.2, 0) is 16.1 Å². The number of esters is 1. The molecule has 23 heavy (non-hydrogen) atoms. The van der Waals surface area contributed by atoms with Crippen LogP contribution in [0.4, 0.5) is 8.78 Å². The number of halogens is 4. The molecule has 1 aromatic rings. The van der Waals surface area contributed by atoms with Gasteiger partial charge in [0.2, 0.25) is 0 Å². The lowest BCUT2D eigenvalue weighted by Gasteiger charge is -2.13. The molecule has 0 aromatic heterocycles. The fourth-order valence-electron chi connectivity index (χ4n) is 2.84. The molecule has 0 N–H and O–H groups in total. The molecule has 0 saturated heterocycles. The molecule has 1 fully saturated rings. The number of ether oxygens (including phenoxy) is 1. The summed E-state index contributed by atoms with van der Waals surface area (Å²) in [6.45, 7) is 7.07. The maximum absolute atomic E-state index is 14.0. The zero-order chi connectivity index (χ0) is 17.5. The van der Waals surface area contributed by atoms with E-state index in [0.717, 1.165) is 0 Å². The lowest BCUT2D eigenvalue weighted by Crippen LogP contribution is -2.12. The van der Waals surface area contributed by atoms with Gasteiger partial charge in [0.15, 0.2) is 0 Å². The van der Waals surface area contributed by atoms with E-state index < -0.39 is 11.6 Å². The molecule has 1 aromatic carbocycles. The first-order valence-corrected chi connectivity index (χ1v) is 8.84. The predicted molar refractivity (Wildman–Crippen MR) is 91.9 cm³/mol. The quantitative estimate of drug-likeness (QED) is 0.334. The van der Waals surface area contributed by atoms with Gasteiger partial charge in [-0.15, -0.1) is 0 Å². The van der Waals surface area contributed by atoms with E-state index in [-0.39, 0.29) is 49.9 Å². The molecule has 2 atom stereocenters. The van der Waals surface area contributed by atoms with Crippen molar-refractivity contribution >= 4 is 37.8 Å². The molecule has 0 heterocycles. The Labute approximate surface area is 151 Å². The first-order chi connectivity index (χ1) is 10.6. The molecule has 2 nitrogen and oxygen atoms in total. The van der Waals surface area contributed by atoms with E-state index in [1.165, 1.54) is 6.92 Å². The number of allylic oxidation sites excluding steroid dienone is 2. The SMILES string of the molecule is CC=C[C@@H]1[C@@H](C(=O)OCc2c(Br)c(F)c(C)c(F)c2Br)C1(C)C. The van der Waals surface area contributed by atoms with Crippen LogP contribution < -0.4 is 0 Å². The highest BCUT2D eigenvalue weighted by Crippen LogP contribution is 2.59. The Balaban J connectivity index is 2.15. The van der Waals surface area contributed by atoms with Gasteiger partial charge in [-0.05, 0) is 57.0 Å². The summed E-state index contributed by atoms with van der Waals surface area (Å²) in [5, 5.41) is 0. The van der Waals surface area contributed by atoms with Crippen molar-refractivity contribution in [2.45, 2.75) is 34.3 Å². The van der Waals surface area contributed by atoms with Crippen LogP contribution in [0, 0.1) is 35.8 Å². The van der Waals surface area contributed by atoms with E-state index >= 15 is 0 Å². The maximum Gasteiger partial charge on any atom is 0.310 e. The summed E-state index contributed by atoms with van der Waals surface area (Å²) in [7, 11) is 0. The minimum Gasteiger partial charge on any atom is -0.460 e. The van der Waals surface area contributed by atoms with E-state index in [1.54, 1.807) is 0 Å². The molecule has 0 spiro atoms. The van der Waals surface area contributed by atoms with Gasteiger partial charge in [-0.25, -0.2) is 8.78 Å². The summed E-state index contributed by atoms with van der Waals surface area (Å²) in [5.74, 6) is -1.81. The Hall–Kier alpha value is -0.750. The molecule has 126 valence electrons. The summed E-state index contributed by atoms with van der Waals surface area (Å²) in [6.07, 6.45) is 3.90. The van der Waals surface area contributed by atoms with E-state index in [9.17, 15) is 13.6 Å². The summed E-state index contributed by atoms with van der Waals surface area (Å²) in [5.41, 5.74) is 0.0113. The van der Waals surface area contributed by atoms with E-state index in [1.807, 2.05) is 32.9 Å². The number of carbonyl (C=O) groups excluding carboxylic acids is 1. The van der Waals surface area contributed by atoms with Crippen molar-refractivity contribution in [1.82, 2.24) is 0 Å². The van der Waals surface area contributed by atoms with Crippen LogP contribution in [0.5, 0.6) is 0 Å². The molecule has 0 aliphatic heterocycles. The zero-order valence-electron chi connectivity index (χ0n) is 13.3. The standard InChI is InChI=1S/C17H18Br2F2O2/c1-5-6-10-11(17(10,3)4)16(22)23-7-9-12(18)14(20)8(2)15(21)13(9)19/h5-6,10-11H,7H2,1-4H3/t10-,11+/m1/s1. The van der Waals surface area contributed by atoms with Crippen molar-refractivity contribution in [3.63, 3.8) is 0 Å². The zero-order valence-corrected chi connectivity index (χ0v) is 16.5. The molecule has 1 aliphatic carbocycles. The second-order valence-electron chi connectivity index (χ2n) is 6.32. The van der Waals surface area contributed by atoms with Crippen molar-refractivity contribution in [1.29, 1.82) is 0 Å². The van der Waals surface area contributed by atoms with Gasteiger partial charge < -0.3 is 4.74 Å². The van der Waals surface area contributed by atoms with Crippen molar-refractivity contribution in [2.75, 3.05) is 0 Å². The molecular formula is C17H18Br2F2O2. The second-order valence-corrected chi connectivity index (χ2v) is 7.90. The summed E-state index contributed by atoms with van der Waals surface area (Å²) in [6, 6.07) is 0. The Morgan fingerprint density at radius 3 is 2.26 bits per heavy atom. The minimum atomic E-state index is -0.685. The minimum absolute atomic E-state index is 0.0877. The van der Waals surface area contributed by atoms with Gasteiger partial charge in [0.05, 0.1) is 14.9 Å². The van der Waals surface area contributed by atoms with Crippen LogP contribution in [0.1, 0.15) is 31.9 Å². The molecule has 2 rings (SSSR count). The van der Waals surface area contributed by atoms with Gasteiger partial charge >= 0.3 is 5.97 Å². The molecular weight excluding hydrogens is 434 g/mol. The van der Waals surface area contributed by atoms with Crippen LogP contribution in [0.2, 0.25) is 0 Å². The van der Waals surface area contributed by atoms with Crippen LogP contribution >= 0.6 is 31.9 Å². The second kappa shape index (κ2) is 6.63. The monoisotopic (exact) mass is 450 g/mol. The summed E-state index contributed by atoms with van der Waals surface area (Å²) < 4.78 is 33.4. The lowest BCUT2D eigenvalue weighted by molar-refractivity contribution is -0.147. The number of hydrogen-bond acceptors (Lipinski definition) is 2. The molecule has 0 amide bonds. The van der Waals surface area contributed by atoms with Gasteiger partial charge in [0, 0.05) is 11.1 Å². The summed E-state index contributed by atoms with van der Waals surface area (Å²) in [4.78, 5) is 12.3. The van der Waals surface area contributed by atoms with Crippen LogP contribution in [-0.4, -0.2) is 5.97 Å². The fourth-order valence-corrected chi connectivity index (χ4v) is 4.33. The third-order valence-corrected chi connectivity index (χ3v) is 6.15. The number of carbonyl (C=O) groups is 1. The number of benzene rings is 1. The first kappa shape index (κ1) is 18.6. The Kier molecular flexibility index (Phi) is 5.36. The van der Waals surface area contributed by atoms with Crippen molar-refractivity contribution in [3.05, 3.63) is 43.9 Å². The summed E-state index contributed by atoms with van der Waals surface area (Å²) >= 11 is 6.21. The smallest absolute Gasteiger partial charge is 0.310 e. The molecule has 6 heteroatoms. The molecule has 1 saturated carbocycles. The average molecular weight is 452 g/mol. The van der Waals surface area contributed by atoms with Crippen molar-refractivity contribution in [3.8, 4) is 0 Å². The molecule has 0 radical (unpaired) electrons. The molecule has 1 aliphatic rings. The Bertz CT molecular complexity index is 655. The molecule has 0 bridgehead atoms. The average Bonchev–Trinajstić information content (AvgIpc) is 3.04. The van der Waals surface area contributed by atoms with Gasteiger partial charge in [0.25, 0.3) is 0 Å². The highest BCUT2D eigenvalue weighted by Gasteiger charge is 2.61. The fraction of sp³-hybridized carbons (Fsp3) is 0.471.